The van der Waals surface area contributed by atoms with Crippen molar-refractivity contribution in [3.8, 4) is 0 Å². The second-order valence-corrected chi connectivity index (χ2v) is 5.76. The summed E-state index contributed by atoms with van der Waals surface area (Å²) in [5.74, 6) is 1.54. The zero-order valence-electron chi connectivity index (χ0n) is 11.5. The van der Waals surface area contributed by atoms with Gasteiger partial charge in [-0.3, -0.25) is 0 Å². The predicted molar refractivity (Wildman–Crippen MR) is 69.4 cm³/mol. The lowest BCUT2D eigenvalue weighted by atomic mass is 9.73. The van der Waals surface area contributed by atoms with E-state index in [1.54, 1.807) is 0 Å². The minimum absolute atomic E-state index is 0.172. The number of ether oxygens (including phenoxy) is 1. The third kappa shape index (κ3) is 3.46. The molecular weight excluding hydrogens is 198 g/mol. The molecule has 0 heterocycles. The Hall–Kier alpha value is -0.0800. The van der Waals surface area contributed by atoms with Crippen LogP contribution >= 0.6 is 0 Å². The van der Waals surface area contributed by atoms with Crippen LogP contribution in [0.3, 0.4) is 0 Å². The van der Waals surface area contributed by atoms with Crippen molar-refractivity contribution in [3.63, 3.8) is 0 Å². The van der Waals surface area contributed by atoms with Gasteiger partial charge in [-0.05, 0) is 45.4 Å². The van der Waals surface area contributed by atoms with Gasteiger partial charge in [-0.15, -0.1) is 0 Å². The van der Waals surface area contributed by atoms with Gasteiger partial charge in [-0.1, -0.05) is 26.2 Å². The molecular formula is C14H29NO. The van der Waals surface area contributed by atoms with E-state index < -0.39 is 0 Å². The van der Waals surface area contributed by atoms with Crippen LogP contribution in [-0.4, -0.2) is 18.2 Å². The van der Waals surface area contributed by atoms with Crippen LogP contribution in [0.1, 0.15) is 59.8 Å². The second kappa shape index (κ2) is 6.02. The fourth-order valence-electron chi connectivity index (χ4n) is 3.07. The van der Waals surface area contributed by atoms with Crippen molar-refractivity contribution in [2.24, 2.45) is 17.6 Å². The normalized spacial score (nSPS) is 29.1. The molecule has 0 aliphatic heterocycles. The van der Waals surface area contributed by atoms with E-state index in [9.17, 15) is 0 Å². The number of rotatable bonds is 5. The fraction of sp³-hybridized carbons (Fsp3) is 1.00. The Labute approximate surface area is 101 Å². The van der Waals surface area contributed by atoms with Crippen molar-refractivity contribution in [1.82, 2.24) is 0 Å². The Kier molecular flexibility index (Phi) is 5.26. The van der Waals surface area contributed by atoms with E-state index in [-0.39, 0.29) is 11.6 Å². The van der Waals surface area contributed by atoms with Crippen molar-refractivity contribution in [2.75, 3.05) is 6.61 Å². The van der Waals surface area contributed by atoms with E-state index in [1.165, 1.54) is 32.1 Å². The maximum atomic E-state index is 6.40. The molecule has 0 amide bonds. The molecule has 0 radical (unpaired) electrons. The predicted octanol–water partition coefficient (Wildman–Crippen LogP) is 3.35. The van der Waals surface area contributed by atoms with Crippen LogP contribution < -0.4 is 5.73 Å². The molecule has 0 spiro atoms. The van der Waals surface area contributed by atoms with Gasteiger partial charge in [0.25, 0.3) is 0 Å². The zero-order chi connectivity index (χ0) is 12.2. The molecule has 2 N–H and O–H groups in total. The largest absolute Gasteiger partial charge is 0.374 e. The summed E-state index contributed by atoms with van der Waals surface area (Å²) in [6, 6.07) is 0.182. The van der Waals surface area contributed by atoms with Gasteiger partial charge in [-0.25, -0.2) is 0 Å². The van der Waals surface area contributed by atoms with E-state index >= 15 is 0 Å². The molecule has 3 unspecified atom stereocenters. The highest BCUT2D eigenvalue weighted by atomic mass is 16.5. The number of hydrogen-bond donors (Lipinski definition) is 1. The van der Waals surface area contributed by atoms with Crippen molar-refractivity contribution < 1.29 is 4.74 Å². The first-order valence-electron chi connectivity index (χ1n) is 6.90. The molecule has 2 heteroatoms. The van der Waals surface area contributed by atoms with E-state index in [1.807, 2.05) is 6.92 Å². The van der Waals surface area contributed by atoms with Crippen LogP contribution in [0, 0.1) is 11.8 Å². The maximum absolute atomic E-state index is 6.40. The molecule has 0 aromatic heterocycles. The fourth-order valence-corrected chi connectivity index (χ4v) is 3.07. The molecule has 1 rings (SSSR count). The highest BCUT2D eigenvalue weighted by Crippen LogP contribution is 2.35. The first kappa shape index (κ1) is 14.0. The molecule has 0 aromatic rings. The second-order valence-electron chi connectivity index (χ2n) is 5.76. The van der Waals surface area contributed by atoms with Gasteiger partial charge in [0.2, 0.25) is 0 Å². The first-order chi connectivity index (χ1) is 7.51. The molecule has 0 saturated heterocycles. The van der Waals surface area contributed by atoms with Crippen LogP contribution in [0.25, 0.3) is 0 Å². The van der Waals surface area contributed by atoms with Gasteiger partial charge in [0.1, 0.15) is 0 Å². The lowest BCUT2D eigenvalue weighted by Gasteiger charge is -2.40. The van der Waals surface area contributed by atoms with Gasteiger partial charge in [-0.2, -0.15) is 0 Å². The lowest BCUT2D eigenvalue weighted by Crippen LogP contribution is -2.51. The van der Waals surface area contributed by atoms with Crippen molar-refractivity contribution in [3.05, 3.63) is 0 Å². The third-order valence-corrected chi connectivity index (χ3v) is 4.23. The summed E-state index contributed by atoms with van der Waals surface area (Å²) in [6.07, 6.45) is 6.63. The average molecular weight is 227 g/mol. The van der Waals surface area contributed by atoms with E-state index in [4.69, 9.17) is 10.5 Å². The third-order valence-electron chi connectivity index (χ3n) is 4.23. The lowest BCUT2D eigenvalue weighted by molar-refractivity contribution is -0.0487. The van der Waals surface area contributed by atoms with Crippen LogP contribution in [0.5, 0.6) is 0 Å². The molecule has 16 heavy (non-hydrogen) atoms. The summed E-state index contributed by atoms with van der Waals surface area (Å²) in [6.45, 7) is 9.37. The Morgan fingerprint density at radius 2 is 2.00 bits per heavy atom. The van der Waals surface area contributed by atoms with Crippen LogP contribution in [-0.2, 0) is 4.74 Å². The van der Waals surface area contributed by atoms with Crippen LogP contribution in [0.15, 0.2) is 0 Å². The number of hydrogen-bond acceptors (Lipinski definition) is 2. The summed E-state index contributed by atoms with van der Waals surface area (Å²) in [7, 11) is 0. The van der Waals surface area contributed by atoms with Crippen LogP contribution in [0.4, 0.5) is 0 Å². The van der Waals surface area contributed by atoms with Gasteiger partial charge < -0.3 is 10.5 Å². The van der Waals surface area contributed by atoms with Gasteiger partial charge in [0, 0.05) is 12.6 Å². The minimum Gasteiger partial charge on any atom is -0.374 e. The smallest absolute Gasteiger partial charge is 0.0779 e. The minimum atomic E-state index is -0.172. The Morgan fingerprint density at radius 3 is 2.56 bits per heavy atom. The van der Waals surface area contributed by atoms with E-state index in [0.717, 1.165) is 12.5 Å². The van der Waals surface area contributed by atoms with Crippen molar-refractivity contribution >= 4 is 0 Å². The zero-order valence-corrected chi connectivity index (χ0v) is 11.5. The molecule has 3 atom stereocenters. The Balaban J connectivity index is 2.55. The monoisotopic (exact) mass is 227 g/mol. The highest BCUT2D eigenvalue weighted by molar-refractivity contribution is 4.91. The quantitative estimate of drug-likeness (QED) is 0.781. The average Bonchev–Trinajstić information content (AvgIpc) is 2.28. The summed E-state index contributed by atoms with van der Waals surface area (Å²) >= 11 is 0. The van der Waals surface area contributed by atoms with Gasteiger partial charge in [0.05, 0.1) is 5.60 Å². The molecule has 0 bridgehead atoms. The molecule has 1 aliphatic rings. The summed E-state index contributed by atoms with van der Waals surface area (Å²) < 4.78 is 5.79. The standard InChI is InChI=1S/C14H29NO/c1-5-11-8-7-9-12(10-11)13(15)14(3,4)16-6-2/h11-13H,5-10,15H2,1-4H3. The van der Waals surface area contributed by atoms with Gasteiger partial charge >= 0.3 is 0 Å². The first-order valence-corrected chi connectivity index (χ1v) is 6.90. The number of nitrogens with two attached hydrogens (primary N) is 1. The maximum Gasteiger partial charge on any atom is 0.0779 e. The molecule has 2 nitrogen and oxygen atoms in total. The van der Waals surface area contributed by atoms with Gasteiger partial charge in [0.15, 0.2) is 0 Å². The van der Waals surface area contributed by atoms with Crippen molar-refractivity contribution in [1.29, 1.82) is 0 Å². The summed E-state index contributed by atoms with van der Waals surface area (Å²) in [4.78, 5) is 0. The summed E-state index contributed by atoms with van der Waals surface area (Å²) in [5.41, 5.74) is 6.23. The SMILES string of the molecule is CCOC(C)(C)C(N)C1CCCC(CC)C1. The Morgan fingerprint density at radius 1 is 1.31 bits per heavy atom. The van der Waals surface area contributed by atoms with Crippen LogP contribution in [0.2, 0.25) is 0 Å². The highest BCUT2D eigenvalue weighted by Gasteiger charge is 2.35. The molecule has 0 aromatic carbocycles. The molecule has 96 valence electrons. The molecule has 1 saturated carbocycles. The molecule has 1 fully saturated rings. The molecule has 1 aliphatic carbocycles. The Bertz CT molecular complexity index is 203. The van der Waals surface area contributed by atoms with E-state index in [2.05, 4.69) is 20.8 Å². The summed E-state index contributed by atoms with van der Waals surface area (Å²) in [5, 5.41) is 0. The topological polar surface area (TPSA) is 35.2 Å². The van der Waals surface area contributed by atoms with E-state index in [0.29, 0.717) is 5.92 Å². The van der Waals surface area contributed by atoms with Crippen molar-refractivity contribution in [2.45, 2.75) is 71.4 Å².